The van der Waals surface area contributed by atoms with Crippen LogP contribution in [-0.4, -0.2) is 29.3 Å². The van der Waals surface area contributed by atoms with Gasteiger partial charge < -0.3 is 10.2 Å². The molecular weight excluding hydrogens is 479 g/mol. The van der Waals surface area contributed by atoms with Crippen LogP contribution < -0.4 is 5.32 Å². The summed E-state index contributed by atoms with van der Waals surface area (Å²) in [7, 11) is 0. The zero-order chi connectivity index (χ0) is 25.2. The minimum Gasteiger partial charge on any atom is -0.354 e. The minimum atomic E-state index is -0.647. The molecule has 4 nitrogen and oxygen atoms in total. The van der Waals surface area contributed by atoms with Crippen LogP contribution in [0.15, 0.2) is 72.8 Å². The summed E-state index contributed by atoms with van der Waals surface area (Å²) in [6.45, 7) is 5.02. The molecule has 0 spiro atoms. The molecule has 0 saturated heterocycles. The first-order chi connectivity index (χ1) is 16.9. The fourth-order valence-electron chi connectivity index (χ4n) is 3.88. The Morgan fingerprint density at radius 1 is 0.886 bits per heavy atom. The Morgan fingerprint density at radius 2 is 1.57 bits per heavy atom. The molecule has 0 bridgehead atoms. The molecule has 3 rings (SSSR count). The lowest BCUT2D eigenvalue weighted by atomic mass is 10.0. The third kappa shape index (κ3) is 8.12. The Labute approximate surface area is 218 Å². The zero-order valence-corrected chi connectivity index (χ0v) is 21.8. The summed E-state index contributed by atoms with van der Waals surface area (Å²) in [6, 6.07) is 22.4. The molecule has 0 aliphatic heterocycles. The third-order valence-corrected chi connectivity index (χ3v) is 6.65. The van der Waals surface area contributed by atoms with Crippen LogP contribution >= 0.6 is 23.2 Å². The molecule has 3 aromatic rings. The second-order valence-electron chi connectivity index (χ2n) is 8.78. The molecule has 0 aromatic heterocycles. The van der Waals surface area contributed by atoms with Gasteiger partial charge in [0.15, 0.2) is 0 Å². The van der Waals surface area contributed by atoms with Gasteiger partial charge in [-0.2, -0.15) is 0 Å². The average Bonchev–Trinajstić information content (AvgIpc) is 2.85. The van der Waals surface area contributed by atoms with Crippen LogP contribution in [0.2, 0.25) is 10.0 Å². The van der Waals surface area contributed by atoms with Crippen molar-refractivity contribution >= 4 is 35.0 Å². The predicted octanol–water partition coefficient (Wildman–Crippen LogP) is 6.40. The van der Waals surface area contributed by atoms with E-state index in [9.17, 15) is 9.59 Å². The number of hydrogen-bond acceptors (Lipinski definition) is 2. The van der Waals surface area contributed by atoms with Crippen molar-refractivity contribution in [3.63, 3.8) is 0 Å². The molecule has 0 unspecified atom stereocenters. The summed E-state index contributed by atoms with van der Waals surface area (Å²) in [5.41, 5.74) is 3.86. The van der Waals surface area contributed by atoms with Crippen LogP contribution in [0.1, 0.15) is 42.0 Å². The number of hydrogen-bond donors (Lipinski definition) is 1. The first-order valence-corrected chi connectivity index (χ1v) is 12.7. The number of aryl methyl sites for hydroxylation is 1. The van der Waals surface area contributed by atoms with Crippen LogP contribution in [0.4, 0.5) is 0 Å². The van der Waals surface area contributed by atoms with E-state index in [1.807, 2.05) is 61.5 Å². The van der Waals surface area contributed by atoms with Gasteiger partial charge in [0.2, 0.25) is 11.8 Å². The Balaban J connectivity index is 1.94. The average molecular weight is 511 g/mol. The molecule has 1 N–H and O–H groups in total. The molecule has 35 heavy (non-hydrogen) atoms. The standard InChI is InChI=1S/C29H32Cl2N2O2/c1-3-4-16-32-29(35)27(18-22-8-6-5-7-9-22)33(20-23-12-10-21(2)11-13-23)28(34)19-24-14-15-25(30)26(31)17-24/h5-15,17,27H,3-4,16,18-20H2,1-2H3,(H,32,35)/t27-/m0/s1. The minimum absolute atomic E-state index is 0.121. The lowest BCUT2D eigenvalue weighted by molar-refractivity contribution is -0.140. The highest BCUT2D eigenvalue weighted by Gasteiger charge is 2.30. The van der Waals surface area contributed by atoms with Crippen LogP contribution in [0.3, 0.4) is 0 Å². The van der Waals surface area contributed by atoms with Gasteiger partial charge in [-0.3, -0.25) is 9.59 Å². The largest absolute Gasteiger partial charge is 0.354 e. The number of rotatable bonds is 11. The van der Waals surface area contributed by atoms with Crippen molar-refractivity contribution < 1.29 is 9.59 Å². The first kappa shape index (κ1) is 26.8. The molecule has 1 atom stereocenters. The number of benzene rings is 3. The quantitative estimate of drug-likeness (QED) is 0.303. The number of nitrogens with zero attached hydrogens (tertiary/aromatic N) is 1. The molecule has 6 heteroatoms. The van der Waals surface area contributed by atoms with E-state index in [4.69, 9.17) is 23.2 Å². The fourth-order valence-corrected chi connectivity index (χ4v) is 4.20. The number of halogens is 2. The molecule has 0 aliphatic carbocycles. The van der Waals surface area contributed by atoms with Crippen LogP contribution in [0.25, 0.3) is 0 Å². The van der Waals surface area contributed by atoms with Gasteiger partial charge in [0.1, 0.15) is 6.04 Å². The van der Waals surface area contributed by atoms with Crippen molar-refractivity contribution in [1.29, 1.82) is 0 Å². The summed E-state index contributed by atoms with van der Waals surface area (Å²) in [4.78, 5) is 28.8. The van der Waals surface area contributed by atoms with Crippen molar-refractivity contribution in [3.05, 3.63) is 105 Å². The fraction of sp³-hybridized carbons (Fsp3) is 0.310. The Hall–Kier alpha value is -2.82. The highest BCUT2D eigenvalue weighted by atomic mass is 35.5. The number of unbranched alkanes of at least 4 members (excludes halogenated alkanes) is 1. The van der Waals surface area contributed by atoms with E-state index >= 15 is 0 Å². The Kier molecular flexibility index (Phi) is 10.2. The summed E-state index contributed by atoms with van der Waals surface area (Å²) >= 11 is 12.3. The highest BCUT2D eigenvalue weighted by molar-refractivity contribution is 6.42. The van der Waals surface area contributed by atoms with E-state index in [1.165, 1.54) is 0 Å². The second kappa shape index (κ2) is 13.3. The van der Waals surface area contributed by atoms with E-state index in [0.717, 1.165) is 35.1 Å². The lowest BCUT2D eigenvalue weighted by Gasteiger charge is -2.32. The van der Waals surface area contributed by atoms with Gasteiger partial charge in [0.25, 0.3) is 0 Å². The van der Waals surface area contributed by atoms with Crippen molar-refractivity contribution in [2.24, 2.45) is 0 Å². The van der Waals surface area contributed by atoms with E-state index < -0.39 is 6.04 Å². The van der Waals surface area contributed by atoms with Crippen LogP contribution in [0, 0.1) is 6.92 Å². The van der Waals surface area contributed by atoms with Gasteiger partial charge in [-0.25, -0.2) is 0 Å². The van der Waals surface area contributed by atoms with Gasteiger partial charge >= 0.3 is 0 Å². The Bertz CT molecular complexity index is 1120. The first-order valence-electron chi connectivity index (χ1n) is 12.0. The smallest absolute Gasteiger partial charge is 0.243 e. The van der Waals surface area contributed by atoms with E-state index in [1.54, 1.807) is 23.1 Å². The van der Waals surface area contributed by atoms with Gasteiger partial charge in [0.05, 0.1) is 16.5 Å². The number of nitrogens with one attached hydrogen (secondary N) is 1. The predicted molar refractivity (Wildman–Crippen MR) is 144 cm³/mol. The van der Waals surface area contributed by atoms with Gasteiger partial charge in [0, 0.05) is 19.5 Å². The zero-order valence-electron chi connectivity index (χ0n) is 20.3. The van der Waals surface area contributed by atoms with Crippen molar-refractivity contribution in [3.8, 4) is 0 Å². The SMILES string of the molecule is CCCCNC(=O)[C@H](Cc1ccccc1)N(Cc1ccc(C)cc1)C(=O)Cc1ccc(Cl)c(Cl)c1. The second-order valence-corrected chi connectivity index (χ2v) is 9.60. The summed E-state index contributed by atoms with van der Waals surface area (Å²) in [6.07, 6.45) is 2.42. The van der Waals surface area contributed by atoms with E-state index in [-0.39, 0.29) is 18.2 Å². The molecule has 0 heterocycles. The monoisotopic (exact) mass is 510 g/mol. The molecule has 0 fully saturated rings. The van der Waals surface area contributed by atoms with E-state index in [2.05, 4.69) is 12.2 Å². The molecule has 184 valence electrons. The summed E-state index contributed by atoms with van der Waals surface area (Å²) in [5.74, 6) is -0.285. The van der Waals surface area contributed by atoms with Gasteiger partial charge in [-0.1, -0.05) is 103 Å². The maximum absolute atomic E-state index is 13.7. The summed E-state index contributed by atoms with van der Waals surface area (Å²) < 4.78 is 0. The maximum Gasteiger partial charge on any atom is 0.243 e. The molecule has 3 aromatic carbocycles. The van der Waals surface area contributed by atoms with Crippen molar-refractivity contribution in [2.45, 2.75) is 52.1 Å². The topological polar surface area (TPSA) is 49.4 Å². The summed E-state index contributed by atoms with van der Waals surface area (Å²) in [5, 5.41) is 3.89. The molecule has 2 amide bonds. The van der Waals surface area contributed by atoms with Crippen LogP contribution in [-0.2, 0) is 29.0 Å². The normalized spacial score (nSPS) is 11.7. The molecule has 0 aliphatic rings. The number of carbonyl (C=O) groups is 2. The molecular formula is C29H32Cl2N2O2. The lowest BCUT2D eigenvalue weighted by Crippen LogP contribution is -2.51. The van der Waals surface area contributed by atoms with Crippen LogP contribution in [0.5, 0.6) is 0 Å². The van der Waals surface area contributed by atoms with Gasteiger partial charge in [-0.15, -0.1) is 0 Å². The molecule has 0 saturated carbocycles. The highest BCUT2D eigenvalue weighted by Crippen LogP contribution is 2.24. The van der Waals surface area contributed by atoms with Gasteiger partial charge in [-0.05, 0) is 42.2 Å². The third-order valence-electron chi connectivity index (χ3n) is 5.91. The number of carbonyl (C=O) groups excluding carboxylic acids is 2. The molecule has 0 radical (unpaired) electrons. The maximum atomic E-state index is 13.7. The number of amides is 2. The van der Waals surface area contributed by atoms with Crippen molar-refractivity contribution in [1.82, 2.24) is 10.2 Å². The Morgan fingerprint density at radius 3 is 2.23 bits per heavy atom. The van der Waals surface area contributed by atoms with Crippen molar-refractivity contribution in [2.75, 3.05) is 6.54 Å². The van der Waals surface area contributed by atoms with E-state index in [0.29, 0.717) is 29.6 Å².